The predicted molar refractivity (Wildman–Crippen MR) is 105 cm³/mol. The highest BCUT2D eigenvalue weighted by atomic mass is 32.2. The minimum absolute atomic E-state index is 0.111. The lowest BCUT2D eigenvalue weighted by Gasteiger charge is -2.16. The van der Waals surface area contributed by atoms with E-state index in [-0.39, 0.29) is 10.8 Å². The molecule has 3 aliphatic rings. The maximum Gasteiger partial charge on any atom is 0.333 e. The molecular weight excluding hydrogens is 394 g/mol. The highest BCUT2D eigenvalue weighted by Crippen LogP contribution is 2.36. The van der Waals surface area contributed by atoms with Crippen molar-refractivity contribution in [2.45, 2.75) is 62.8 Å². The molecule has 3 heterocycles. The van der Waals surface area contributed by atoms with Gasteiger partial charge in [0.2, 0.25) is 5.88 Å². The van der Waals surface area contributed by atoms with Crippen LogP contribution in [0.4, 0.5) is 10.5 Å². The molecule has 5 rings (SSSR count). The van der Waals surface area contributed by atoms with Gasteiger partial charge in [0.25, 0.3) is 10.0 Å². The standard InChI is InChI=1S/C19H23N5O4S/c25-19(22-17-12-5-3-7-14(12)21-15-8-4-6-13(15)17)23-29(26,27)16-11-20-24-9-1-2-10-28-18(16)24/h11H,1-10H2,(H2,21,22,23,25). The number of urea groups is 1. The largest absolute Gasteiger partial charge is 0.477 e. The Hall–Kier alpha value is -2.62. The van der Waals surface area contributed by atoms with Gasteiger partial charge < -0.3 is 10.1 Å². The zero-order valence-corrected chi connectivity index (χ0v) is 16.8. The van der Waals surface area contributed by atoms with Crippen LogP contribution < -0.4 is 14.8 Å². The molecule has 1 aliphatic heterocycles. The molecule has 2 aliphatic carbocycles. The molecule has 10 heteroatoms. The number of rotatable bonds is 3. The number of amides is 2. The number of aryl methyl sites for hydroxylation is 3. The van der Waals surface area contributed by atoms with Crippen LogP contribution in [0.1, 0.15) is 48.2 Å². The number of pyridine rings is 1. The maximum atomic E-state index is 12.8. The Morgan fingerprint density at radius 2 is 1.76 bits per heavy atom. The third-order valence-corrected chi connectivity index (χ3v) is 7.08. The molecule has 0 saturated heterocycles. The third-order valence-electron chi connectivity index (χ3n) is 5.77. The lowest BCUT2D eigenvalue weighted by atomic mass is 10.1. The second kappa shape index (κ2) is 7.01. The molecule has 2 aromatic rings. The number of hydrogen-bond acceptors (Lipinski definition) is 6. The molecule has 2 amide bonds. The van der Waals surface area contributed by atoms with E-state index in [4.69, 9.17) is 9.72 Å². The smallest absolute Gasteiger partial charge is 0.333 e. The van der Waals surface area contributed by atoms with Gasteiger partial charge in [-0.15, -0.1) is 0 Å². The summed E-state index contributed by atoms with van der Waals surface area (Å²) in [4.78, 5) is 17.3. The summed E-state index contributed by atoms with van der Waals surface area (Å²) < 4.78 is 34.9. The second-order valence-corrected chi connectivity index (χ2v) is 9.35. The SMILES string of the molecule is O=C(Nc1c2c(nc3c1CCC3)CCC2)NS(=O)(=O)c1cnn2c1OCCCC2. The zero-order valence-electron chi connectivity index (χ0n) is 16.0. The van der Waals surface area contributed by atoms with Crippen LogP contribution in [-0.4, -0.2) is 35.8 Å². The van der Waals surface area contributed by atoms with Gasteiger partial charge in [0.15, 0.2) is 4.90 Å². The summed E-state index contributed by atoms with van der Waals surface area (Å²) in [6.07, 6.45) is 8.42. The van der Waals surface area contributed by atoms with E-state index < -0.39 is 16.1 Å². The first-order valence-corrected chi connectivity index (χ1v) is 11.6. The molecule has 0 unspecified atom stereocenters. The van der Waals surface area contributed by atoms with Crippen molar-refractivity contribution in [3.8, 4) is 5.88 Å². The number of aromatic nitrogens is 3. The van der Waals surface area contributed by atoms with E-state index in [1.54, 1.807) is 0 Å². The van der Waals surface area contributed by atoms with Crippen molar-refractivity contribution in [3.05, 3.63) is 28.7 Å². The predicted octanol–water partition coefficient (Wildman–Crippen LogP) is 1.94. The summed E-state index contributed by atoms with van der Waals surface area (Å²) in [5.41, 5.74) is 4.89. The average molecular weight is 417 g/mol. The van der Waals surface area contributed by atoms with Gasteiger partial charge in [-0.2, -0.15) is 5.10 Å². The molecule has 29 heavy (non-hydrogen) atoms. The number of ether oxygens (including phenoxy) is 1. The average Bonchev–Trinajstić information content (AvgIpc) is 3.38. The topological polar surface area (TPSA) is 115 Å². The fraction of sp³-hybridized carbons (Fsp3) is 0.526. The Bertz CT molecular complexity index is 1060. The van der Waals surface area contributed by atoms with Crippen molar-refractivity contribution < 1.29 is 17.9 Å². The van der Waals surface area contributed by atoms with Crippen LogP contribution in [-0.2, 0) is 42.3 Å². The monoisotopic (exact) mass is 417 g/mol. The van der Waals surface area contributed by atoms with E-state index in [1.807, 2.05) is 0 Å². The fourth-order valence-electron chi connectivity index (χ4n) is 4.43. The van der Waals surface area contributed by atoms with E-state index >= 15 is 0 Å². The summed E-state index contributed by atoms with van der Waals surface area (Å²) in [6.45, 7) is 1.02. The van der Waals surface area contributed by atoms with Gasteiger partial charge in [-0.3, -0.25) is 4.98 Å². The van der Waals surface area contributed by atoms with Gasteiger partial charge in [-0.05, 0) is 62.5 Å². The number of carbonyl (C=O) groups excluding carboxylic acids is 1. The van der Waals surface area contributed by atoms with Crippen molar-refractivity contribution in [2.24, 2.45) is 0 Å². The summed E-state index contributed by atoms with van der Waals surface area (Å²) in [5, 5.41) is 6.92. The number of fused-ring (bicyclic) bond motifs is 3. The van der Waals surface area contributed by atoms with Crippen LogP contribution in [0.3, 0.4) is 0 Å². The first kappa shape index (κ1) is 18.4. The van der Waals surface area contributed by atoms with Crippen molar-refractivity contribution in [2.75, 3.05) is 11.9 Å². The van der Waals surface area contributed by atoms with E-state index in [0.29, 0.717) is 13.2 Å². The molecule has 0 fully saturated rings. The highest BCUT2D eigenvalue weighted by Gasteiger charge is 2.30. The van der Waals surface area contributed by atoms with Crippen molar-refractivity contribution in [3.63, 3.8) is 0 Å². The molecule has 0 radical (unpaired) electrons. The molecule has 0 saturated carbocycles. The molecule has 0 atom stereocenters. The summed E-state index contributed by atoms with van der Waals surface area (Å²) in [6, 6.07) is -0.770. The zero-order chi connectivity index (χ0) is 20.0. The fourth-order valence-corrected chi connectivity index (χ4v) is 5.42. The van der Waals surface area contributed by atoms with E-state index in [9.17, 15) is 13.2 Å². The van der Waals surface area contributed by atoms with Gasteiger partial charge in [-0.1, -0.05) is 0 Å². The Morgan fingerprint density at radius 3 is 2.48 bits per heavy atom. The second-order valence-electron chi connectivity index (χ2n) is 7.70. The van der Waals surface area contributed by atoms with E-state index in [2.05, 4.69) is 15.1 Å². The number of hydrogen-bond donors (Lipinski definition) is 2. The Balaban J connectivity index is 1.40. The highest BCUT2D eigenvalue weighted by molar-refractivity contribution is 7.90. The summed E-state index contributed by atoms with van der Waals surface area (Å²) in [7, 11) is -4.11. The Morgan fingerprint density at radius 1 is 1.03 bits per heavy atom. The molecule has 9 nitrogen and oxygen atoms in total. The number of carbonyl (C=O) groups is 1. The summed E-state index contributed by atoms with van der Waals surface area (Å²) in [5.74, 6) is 0.188. The minimum atomic E-state index is -4.11. The molecule has 154 valence electrons. The van der Waals surface area contributed by atoms with Crippen LogP contribution in [0.2, 0.25) is 0 Å². The molecule has 2 N–H and O–H groups in total. The van der Waals surface area contributed by atoms with Gasteiger partial charge >= 0.3 is 6.03 Å². The van der Waals surface area contributed by atoms with E-state index in [1.165, 1.54) is 10.9 Å². The Labute approximate surface area is 168 Å². The van der Waals surface area contributed by atoms with Crippen molar-refractivity contribution >= 4 is 21.7 Å². The molecular formula is C19H23N5O4S. The number of nitrogens with one attached hydrogen (secondary N) is 2. The lowest BCUT2D eigenvalue weighted by Crippen LogP contribution is -2.35. The molecule has 0 aromatic carbocycles. The number of nitrogens with zero attached hydrogens (tertiary/aromatic N) is 3. The maximum absolute atomic E-state index is 12.8. The van der Waals surface area contributed by atoms with Crippen molar-refractivity contribution in [1.29, 1.82) is 0 Å². The Kier molecular flexibility index (Phi) is 4.45. The first-order chi connectivity index (χ1) is 14.0. The molecule has 0 bridgehead atoms. The van der Waals surface area contributed by atoms with Crippen LogP contribution >= 0.6 is 0 Å². The van der Waals surface area contributed by atoms with Gasteiger partial charge in [0.1, 0.15) is 0 Å². The lowest BCUT2D eigenvalue weighted by molar-refractivity contribution is 0.256. The van der Waals surface area contributed by atoms with Crippen LogP contribution in [0, 0.1) is 0 Å². The van der Waals surface area contributed by atoms with Gasteiger partial charge in [0, 0.05) is 17.9 Å². The molecule has 2 aromatic heterocycles. The normalized spacial score (nSPS) is 17.7. The van der Waals surface area contributed by atoms with Crippen LogP contribution in [0.25, 0.3) is 0 Å². The van der Waals surface area contributed by atoms with Crippen LogP contribution in [0.15, 0.2) is 11.1 Å². The quantitative estimate of drug-likeness (QED) is 0.789. The number of sulfonamides is 1. The third kappa shape index (κ3) is 3.25. The summed E-state index contributed by atoms with van der Waals surface area (Å²) >= 11 is 0. The van der Waals surface area contributed by atoms with Crippen LogP contribution in [0.5, 0.6) is 5.88 Å². The molecule has 0 spiro atoms. The minimum Gasteiger partial charge on any atom is -0.477 e. The first-order valence-electron chi connectivity index (χ1n) is 10.1. The van der Waals surface area contributed by atoms with Gasteiger partial charge in [0.05, 0.1) is 18.5 Å². The van der Waals surface area contributed by atoms with Gasteiger partial charge in [-0.25, -0.2) is 22.6 Å². The number of anilines is 1. The van der Waals surface area contributed by atoms with Crippen molar-refractivity contribution in [1.82, 2.24) is 19.5 Å². The van der Waals surface area contributed by atoms with E-state index in [0.717, 1.165) is 79.6 Å².